The van der Waals surface area contributed by atoms with Crippen LogP contribution in [0.3, 0.4) is 0 Å². The van der Waals surface area contributed by atoms with Crippen LogP contribution in [0.2, 0.25) is 0 Å². The van der Waals surface area contributed by atoms with E-state index in [0.29, 0.717) is 11.3 Å². The molecule has 1 atom stereocenters. The van der Waals surface area contributed by atoms with E-state index in [0.717, 1.165) is 25.2 Å². The van der Waals surface area contributed by atoms with Crippen molar-refractivity contribution < 1.29 is 14.3 Å². The third-order valence-corrected chi connectivity index (χ3v) is 3.07. The van der Waals surface area contributed by atoms with Gasteiger partial charge in [0.05, 0.1) is 14.2 Å². The van der Waals surface area contributed by atoms with Crippen LogP contribution in [0.4, 0.5) is 0 Å². The van der Waals surface area contributed by atoms with E-state index in [2.05, 4.69) is 10.6 Å². The van der Waals surface area contributed by atoms with Crippen LogP contribution in [-0.4, -0.2) is 39.8 Å². The molecule has 2 N–H and O–H groups in total. The van der Waals surface area contributed by atoms with E-state index in [9.17, 15) is 4.79 Å². The fourth-order valence-electron chi connectivity index (χ4n) is 2.09. The molecule has 5 heteroatoms. The molecule has 1 aromatic rings. The number of hydrogen-bond acceptors (Lipinski definition) is 5. The summed E-state index contributed by atoms with van der Waals surface area (Å²) in [5.41, 5.74) is 1.55. The average molecular weight is 250 g/mol. The van der Waals surface area contributed by atoms with Gasteiger partial charge in [0.1, 0.15) is 11.3 Å². The Morgan fingerprint density at radius 1 is 1.33 bits per heavy atom. The molecule has 1 aliphatic heterocycles. The third-order valence-electron chi connectivity index (χ3n) is 3.07. The van der Waals surface area contributed by atoms with Crippen molar-refractivity contribution in [3.8, 4) is 5.75 Å². The standard InChI is InChI=1S/C13H18N2O3/c1-17-12-7-9(11-8-14-5-6-15-11)3-4-10(12)13(16)18-2/h3-4,7,11,14-15H,5-6,8H2,1-2H3. The predicted molar refractivity (Wildman–Crippen MR) is 67.9 cm³/mol. The van der Waals surface area contributed by atoms with Gasteiger partial charge in [0.15, 0.2) is 0 Å². The largest absolute Gasteiger partial charge is 0.496 e. The van der Waals surface area contributed by atoms with E-state index in [1.807, 2.05) is 12.1 Å². The maximum absolute atomic E-state index is 11.6. The Morgan fingerprint density at radius 3 is 2.78 bits per heavy atom. The Morgan fingerprint density at radius 2 is 2.17 bits per heavy atom. The minimum atomic E-state index is -0.381. The molecule has 1 saturated heterocycles. The van der Waals surface area contributed by atoms with E-state index in [1.165, 1.54) is 7.11 Å². The van der Waals surface area contributed by atoms with Gasteiger partial charge in [-0.05, 0) is 17.7 Å². The molecule has 1 unspecified atom stereocenters. The quantitative estimate of drug-likeness (QED) is 0.774. The summed E-state index contributed by atoms with van der Waals surface area (Å²) in [6.07, 6.45) is 0. The molecule has 98 valence electrons. The minimum absolute atomic E-state index is 0.249. The summed E-state index contributed by atoms with van der Waals surface area (Å²) in [7, 11) is 2.92. The van der Waals surface area contributed by atoms with Crippen LogP contribution in [0, 0.1) is 0 Å². The van der Waals surface area contributed by atoms with Crippen molar-refractivity contribution >= 4 is 5.97 Å². The summed E-state index contributed by atoms with van der Waals surface area (Å²) < 4.78 is 9.97. The van der Waals surface area contributed by atoms with Crippen LogP contribution >= 0.6 is 0 Å². The second kappa shape index (κ2) is 5.84. The van der Waals surface area contributed by atoms with Gasteiger partial charge in [-0.25, -0.2) is 4.79 Å². The molecule has 18 heavy (non-hydrogen) atoms. The lowest BCUT2D eigenvalue weighted by atomic mass is 10.0. The van der Waals surface area contributed by atoms with Crippen LogP contribution in [0.5, 0.6) is 5.75 Å². The van der Waals surface area contributed by atoms with Crippen molar-refractivity contribution in [1.82, 2.24) is 10.6 Å². The predicted octanol–water partition coefficient (Wildman–Crippen LogP) is 0.716. The average Bonchev–Trinajstić information content (AvgIpc) is 2.46. The molecule has 0 spiro atoms. The summed E-state index contributed by atoms with van der Waals surface area (Å²) in [6.45, 7) is 2.79. The molecule has 0 saturated carbocycles. The zero-order valence-electron chi connectivity index (χ0n) is 10.7. The lowest BCUT2D eigenvalue weighted by molar-refractivity contribution is 0.0597. The number of nitrogens with one attached hydrogen (secondary N) is 2. The second-order valence-electron chi connectivity index (χ2n) is 4.16. The smallest absolute Gasteiger partial charge is 0.341 e. The van der Waals surface area contributed by atoms with Gasteiger partial charge in [0, 0.05) is 25.7 Å². The van der Waals surface area contributed by atoms with Crippen LogP contribution < -0.4 is 15.4 Å². The van der Waals surface area contributed by atoms with Gasteiger partial charge in [-0.2, -0.15) is 0 Å². The lowest BCUT2D eigenvalue weighted by Gasteiger charge is -2.25. The first-order valence-electron chi connectivity index (χ1n) is 5.96. The molecule has 1 fully saturated rings. The van der Waals surface area contributed by atoms with Crippen molar-refractivity contribution in [2.45, 2.75) is 6.04 Å². The monoisotopic (exact) mass is 250 g/mol. The lowest BCUT2D eigenvalue weighted by Crippen LogP contribution is -2.42. The highest BCUT2D eigenvalue weighted by Gasteiger charge is 2.18. The molecule has 0 aliphatic carbocycles. The van der Waals surface area contributed by atoms with E-state index < -0.39 is 0 Å². The number of rotatable bonds is 3. The maximum Gasteiger partial charge on any atom is 0.341 e. The Labute approximate surface area is 106 Å². The van der Waals surface area contributed by atoms with Crippen molar-refractivity contribution in [3.63, 3.8) is 0 Å². The van der Waals surface area contributed by atoms with Crippen LogP contribution in [-0.2, 0) is 4.74 Å². The number of ether oxygens (including phenoxy) is 2. The highest BCUT2D eigenvalue weighted by Crippen LogP contribution is 2.24. The summed E-state index contributed by atoms with van der Waals surface area (Å²) in [4.78, 5) is 11.6. The first kappa shape index (κ1) is 12.9. The van der Waals surface area contributed by atoms with Gasteiger partial charge in [0.25, 0.3) is 0 Å². The molecule has 0 bridgehead atoms. The van der Waals surface area contributed by atoms with E-state index >= 15 is 0 Å². The van der Waals surface area contributed by atoms with Crippen molar-refractivity contribution in [3.05, 3.63) is 29.3 Å². The van der Waals surface area contributed by atoms with Gasteiger partial charge in [-0.15, -0.1) is 0 Å². The number of benzene rings is 1. The van der Waals surface area contributed by atoms with Crippen molar-refractivity contribution in [2.75, 3.05) is 33.9 Å². The molecular formula is C13H18N2O3. The highest BCUT2D eigenvalue weighted by molar-refractivity contribution is 5.92. The summed E-state index contributed by atoms with van der Waals surface area (Å²) in [5, 5.41) is 6.74. The Hall–Kier alpha value is -1.59. The maximum atomic E-state index is 11.6. The van der Waals surface area contributed by atoms with Crippen LogP contribution in [0.15, 0.2) is 18.2 Å². The third kappa shape index (κ3) is 2.63. The van der Waals surface area contributed by atoms with Crippen LogP contribution in [0.1, 0.15) is 22.0 Å². The van der Waals surface area contributed by atoms with Gasteiger partial charge < -0.3 is 20.1 Å². The molecule has 2 rings (SSSR count). The van der Waals surface area contributed by atoms with Crippen molar-refractivity contribution in [1.29, 1.82) is 0 Å². The molecule has 0 aromatic heterocycles. The zero-order valence-corrected chi connectivity index (χ0v) is 10.7. The molecule has 1 aromatic carbocycles. The second-order valence-corrected chi connectivity index (χ2v) is 4.16. The first-order valence-corrected chi connectivity index (χ1v) is 5.96. The molecule has 0 amide bonds. The summed E-state index contributed by atoms with van der Waals surface area (Å²) in [6, 6.07) is 5.81. The zero-order chi connectivity index (χ0) is 13.0. The Balaban J connectivity index is 2.26. The summed E-state index contributed by atoms with van der Waals surface area (Å²) >= 11 is 0. The molecule has 1 aliphatic rings. The van der Waals surface area contributed by atoms with E-state index in [4.69, 9.17) is 9.47 Å². The molecule has 0 radical (unpaired) electrons. The topological polar surface area (TPSA) is 59.6 Å². The van der Waals surface area contributed by atoms with E-state index in [1.54, 1.807) is 13.2 Å². The van der Waals surface area contributed by atoms with E-state index in [-0.39, 0.29) is 12.0 Å². The number of carbonyl (C=O) groups excluding carboxylic acids is 1. The number of piperazine rings is 1. The minimum Gasteiger partial charge on any atom is -0.496 e. The first-order chi connectivity index (χ1) is 8.76. The fourth-order valence-corrected chi connectivity index (χ4v) is 2.09. The Kier molecular flexibility index (Phi) is 4.17. The Bertz CT molecular complexity index is 428. The summed E-state index contributed by atoms with van der Waals surface area (Å²) in [5.74, 6) is 0.167. The number of hydrogen-bond donors (Lipinski definition) is 2. The van der Waals surface area contributed by atoms with Gasteiger partial charge in [0.2, 0.25) is 0 Å². The molecular weight excluding hydrogens is 232 g/mol. The number of methoxy groups -OCH3 is 2. The fraction of sp³-hybridized carbons (Fsp3) is 0.462. The molecule has 1 heterocycles. The van der Waals surface area contributed by atoms with Gasteiger partial charge >= 0.3 is 5.97 Å². The SMILES string of the molecule is COC(=O)c1ccc(C2CNCCN2)cc1OC. The number of carbonyl (C=O) groups is 1. The van der Waals surface area contributed by atoms with Gasteiger partial charge in [-0.1, -0.05) is 6.07 Å². The highest BCUT2D eigenvalue weighted by atomic mass is 16.5. The van der Waals surface area contributed by atoms with Gasteiger partial charge in [-0.3, -0.25) is 0 Å². The normalized spacial score (nSPS) is 19.3. The number of esters is 1. The molecule has 5 nitrogen and oxygen atoms in total. The van der Waals surface area contributed by atoms with Crippen LogP contribution in [0.25, 0.3) is 0 Å². The van der Waals surface area contributed by atoms with Crippen molar-refractivity contribution in [2.24, 2.45) is 0 Å².